The Balaban J connectivity index is 2.46. The van der Waals surface area contributed by atoms with Gasteiger partial charge in [-0.2, -0.15) is 0 Å². The molecular weight excluding hydrogens is 290 g/mol. The molecule has 0 aliphatic carbocycles. The lowest BCUT2D eigenvalue weighted by atomic mass is 10.1. The van der Waals surface area contributed by atoms with E-state index in [4.69, 9.17) is 16.3 Å². The monoisotopic (exact) mass is 305 g/mol. The Morgan fingerprint density at radius 3 is 2.81 bits per heavy atom. The second-order valence-corrected chi connectivity index (χ2v) is 4.54. The average molecular weight is 306 g/mol. The van der Waals surface area contributed by atoms with Crippen molar-refractivity contribution in [1.29, 1.82) is 0 Å². The van der Waals surface area contributed by atoms with Gasteiger partial charge in [0.15, 0.2) is 5.82 Å². The van der Waals surface area contributed by atoms with Gasteiger partial charge in [-0.15, -0.1) is 11.6 Å². The normalized spacial score (nSPS) is 10.4. The highest BCUT2D eigenvalue weighted by Crippen LogP contribution is 2.20. The number of hydrogen-bond donors (Lipinski definition) is 0. The summed E-state index contributed by atoms with van der Waals surface area (Å²) in [5.74, 6) is 0.116. The molecule has 0 aliphatic rings. The molecule has 0 unspecified atom stereocenters. The molecule has 2 aromatic rings. The number of alkyl halides is 1. The number of aromatic nitrogens is 3. The van der Waals surface area contributed by atoms with Gasteiger partial charge >= 0.3 is 5.97 Å². The molecule has 2 rings (SSSR count). The maximum absolute atomic E-state index is 11.8. The molecule has 0 fully saturated rings. The number of rotatable bonds is 5. The molecule has 2 heterocycles. The Bertz CT molecular complexity index is 647. The van der Waals surface area contributed by atoms with E-state index in [-0.39, 0.29) is 5.88 Å². The molecule has 110 valence electrons. The third-order valence-electron chi connectivity index (χ3n) is 2.97. The van der Waals surface area contributed by atoms with Crippen molar-refractivity contribution < 1.29 is 9.53 Å². The summed E-state index contributed by atoms with van der Waals surface area (Å²) in [7, 11) is 0. The molecule has 0 N–H and O–H groups in total. The van der Waals surface area contributed by atoms with Crippen LogP contribution in [0.3, 0.4) is 0 Å². The number of halogens is 1. The van der Waals surface area contributed by atoms with Crippen LogP contribution < -0.4 is 0 Å². The fourth-order valence-electron chi connectivity index (χ4n) is 1.94. The number of aryl methyl sites for hydroxylation is 1. The van der Waals surface area contributed by atoms with E-state index in [1.165, 1.54) is 6.20 Å². The zero-order chi connectivity index (χ0) is 15.2. The van der Waals surface area contributed by atoms with Crippen LogP contribution >= 0.6 is 11.6 Å². The van der Waals surface area contributed by atoms with Crippen LogP contribution in [0.1, 0.15) is 35.5 Å². The van der Waals surface area contributed by atoms with E-state index in [1.807, 2.05) is 19.1 Å². The third-order valence-corrected chi connectivity index (χ3v) is 3.23. The molecule has 6 heteroatoms. The van der Waals surface area contributed by atoms with Crippen LogP contribution in [0.4, 0.5) is 0 Å². The number of pyridine rings is 1. The molecule has 5 nitrogen and oxygen atoms in total. The first kappa shape index (κ1) is 15.4. The van der Waals surface area contributed by atoms with Gasteiger partial charge in [0.2, 0.25) is 0 Å². The number of carbonyl (C=O) groups is 1. The average Bonchev–Trinajstić information content (AvgIpc) is 2.54. The van der Waals surface area contributed by atoms with Crippen molar-refractivity contribution >= 4 is 17.6 Å². The third kappa shape index (κ3) is 3.36. The number of nitrogens with zero attached hydrogens (tertiary/aromatic N) is 3. The topological polar surface area (TPSA) is 65.0 Å². The molecule has 21 heavy (non-hydrogen) atoms. The van der Waals surface area contributed by atoms with E-state index in [9.17, 15) is 4.79 Å². The summed E-state index contributed by atoms with van der Waals surface area (Å²) < 4.78 is 4.97. The van der Waals surface area contributed by atoms with Gasteiger partial charge in [0, 0.05) is 12.4 Å². The van der Waals surface area contributed by atoms with E-state index in [0.29, 0.717) is 29.4 Å². The van der Waals surface area contributed by atoms with Gasteiger partial charge in [-0.25, -0.2) is 14.8 Å². The number of hydrogen-bond acceptors (Lipinski definition) is 5. The van der Waals surface area contributed by atoms with E-state index in [2.05, 4.69) is 15.0 Å². The molecule has 0 saturated heterocycles. The fraction of sp³-hybridized carbons (Fsp3) is 0.333. The lowest BCUT2D eigenvalue weighted by molar-refractivity contribution is 0.0524. The lowest BCUT2D eigenvalue weighted by Gasteiger charge is -2.09. The molecule has 0 aliphatic heterocycles. The molecule has 0 radical (unpaired) electrons. The van der Waals surface area contributed by atoms with Gasteiger partial charge in [-0.3, -0.25) is 4.98 Å². The van der Waals surface area contributed by atoms with Crippen LogP contribution in [0.25, 0.3) is 11.5 Å². The zero-order valence-electron chi connectivity index (χ0n) is 12.0. The summed E-state index contributed by atoms with van der Waals surface area (Å²) in [5.41, 5.74) is 2.50. The Hall–Kier alpha value is -2.01. The quantitative estimate of drug-likeness (QED) is 0.627. The van der Waals surface area contributed by atoms with Crippen LogP contribution in [0, 0.1) is 0 Å². The van der Waals surface area contributed by atoms with Gasteiger partial charge in [-0.05, 0) is 25.0 Å². The molecule has 0 atom stereocenters. The highest BCUT2D eigenvalue weighted by Gasteiger charge is 2.17. The SMILES string of the molecule is CCOC(=O)c1cnc(-c2ncccc2CC)nc1CCl. The van der Waals surface area contributed by atoms with Gasteiger partial charge in [-0.1, -0.05) is 13.0 Å². The lowest BCUT2D eigenvalue weighted by Crippen LogP contribution is -2.11. The van der Waals surface area contributed by atoms with Crippen molar-refractivity contribution in [3.05, 3.63) is 41.3 Å². The van der Waals surface area contributed by atoms with Crippen molar-refractivity contribution in [2.45, 2.75) is 26.1 Å². The summed E-state index contributed by atoms with van der Waals surface area (Å²) in [5, 5.41) is 0. The minimum Gasteiger partial charge on any atom is -0.462 e. The fourth-order valence-corrected chi connectivity index (χ4v) is 2.14. The maximum atomic E-state index is 11.8. The van der Waals surface area contributed by atoms with Crippen molar-refractivity contribution in [3.8, 4) is 11.5 Å². The minimum absolute atomic E-state index is 0.109. The Labute approximate surface area is 128 Å². The molecule has 0 spiro atoms. The van der Waals surface area contributed by atoms with E-state index >= 15 is 0 Å². The van der Waals surface area contributed by atoms with E-state index < -0.39 is 5.97 Å². The summed E-state index contributed by atoms with van der Waals surface area (Å²) >= 11 is 5.89. The Morgan fingerprint density at radius 1 is 1.33 bits per heavy atom. The van der Waals surface area contributed by atoms with Crippen LogP contribution in [-0.4, -0.2) is 27.5 Å². The Kier molecular flexibility index (Phi) is 5.22. The number of ether oxygens (including phenoxy) is 1. The first-order chi connectivity index (χ1) is 10.2. The summed E-state index contributed by atoms with van der Waals surface area (Å²) in [6.07, 6.45) is 3.96. The minimum atomic E-state index is -0.462. The molecule has 0 bridgehead atoms. The first-order valence-electron chi connectivity index (χ1n) is 6.74. The summed E-state index contributed by atoms with van der Waals surface area (Å²) in [6.45, 7) is 4.08. The second kappa shape index (κ2) is 7.13. The smallest absolute Gasteiger partial charge is 0.341 e. The molecule has 0 saturated carbocycles. The standard InChI is InChI=1S/C15H16ClN3O2/c1-3-10-6-5-7-17-13(10)14-18-9-11(12(8-16)19-14)15(20)21-4-2/h5-7,9H,3-4,8H2,1-2H3. The van der Waals surface area contributed by atoms with E-state index in [0.717, 1.165) is 12.0 Å². The Morgan fingerprint density at radius 2 is 2.14 bits per heavy atom. The maximum Gasteiger partial charge on any atom is 0.341 e. The second-order valence-electron chi connectivity index (χ2n) is 4.27. The molecule has 2 aromatic heterocycles. The number of carbonyl (C=O) groups excluding carboxylic acids is 1. The van der Waals surface area contributed by atoms with Gasteiger partial charge in [0.25, 0.3) is 0 Å². The summed E-state index contributed by atoms with van der Waals surface area (Å²) in [4.78, 5) is 24.7. The zero-order valence-corrected chi connectivity index (χ0v) is 12.7. The largest absolute Gasteiger partial charge is 0.462 e. The van der Waals surface area contributed by atoms with E-state index in [1.54, 1.807) is 13.1 Å². The molecule has 0 aromatic carbocycles. The van der Waals surface area contributed by atoms with Crippen molar-refractivity contribution in [3.63, 3.8) is 0 Å². The predicted molar refractivity (Wildman–Crippen MR) is 80.2 cm³/mol. The van der Waals surface area contributed by atoms with Crippen LogP contribution in [0.5, 0.6) is 0 Å². The predicted octanol–water partition coefficient (Wildman–Crippen LogP) is 3.02. The number of esters is 1. The highest BCUT2D eigenvalue weighted by atomic mass is 35.5. The molecular formula is C15H16ClN3O2. The van der Waals surface area contributed by atoms with Gasteiger partial charge < -0.3 is 4.74 Å². The highest BCUT2D eigenvalue weighted by molar-refractivity contribution is 6.17. The van der Waals surface area contributed by atoms with Crippen molar-refractivity contribution in [2.75, 3.05) is 6.61 Å². The van der Waals surface area contributed by atoms with Crippen molar-refractivity contribution in [1.82, 2.24) is 15.0 Å². The molecule has 0 amide bonds. The van der Waals surface area contributed by atoms with Crippen molar-refractivity contribution in [2.24, 2.45) is 0 Å². The van der Waals surface area contributed by atoms with Crippen LogP contribution in [0.15, 0.2) is 24.5 Å². The first-order valence-corrected chi connectivity index (χ1v) is 7.27. The van der Waals surface area contributed by atoms with Crippen LogP contribution in [-0.2, 0) is 17.0 Å². The van der Waals surface area contributed by atoms with Crippen LogP contribution in [0.2, 0.25) is 0 Å². The van der Waals surface area contributed by atoms with Gasteiger partial charge in [0.05, 0.1) is 18.2 Å². The van der Waals surface area contributed by atoms with Gasteiger partial charge in [0.1, 0.15) is 11.3 Å². The summed E-state index contributed by atoms with van der Waals surface area (Å²) in [6, 6.07) is 3.85.